The molecule has 0 bridgehead atoms. The monoisotopic (exact) mass is 250 g/mol. The van der Waals surface area contributed by atoms with Gasteiger partial charge in [0.25, 0.3) is 0 Å². The Bertz CT molecular complexity index is 381. The van der Waals surface area contributed by atoms with Gasteiger partial charge >= 0.3 is 0 Å². The molecule has 1 aliphatic heterocycles. The fourth-order valence-corrected chi connectivity index (χ4v) is 2.79. The molecule has 1 aromatic rings. The third-order valence-electron chi connectivity index (χ3n) is 4.01. The van der Waals surface area contributed by atoms with Crippen molar-refractivity contribution in [2.45, 2.75) is 63.2 Å². The Morgan fingerprint density at radius 1 is 1.44 bits per heavy atom. The Morgan fingerprint density at radius 3 is 3.06 bits per heavy atom. The van der Waals surface area contributed by atoms with Gasteiger partial charge in [0.05, 0.1) is 30.4 Å². The van der Waals surface area contributed by atoms with Crippen molar-refractivity contribution in [3.05, 3.63) is 18.2 Å². The highest BCUT2D eigenvalue weighted by atomic mass is 16.5. The van der Waals surface area contributed by atoms with E-state index in [1.165, 1.54) is 25.7 Å². The zero-order valence-corrected chi connectivity index (χ0v) is 10.8. The molecule has 1 saturated carbocycles. The van der Waals surface area contributed by atoms with Gasteiger partial charge in [0.1, 0.15) is 0 Å². The Kier molecular flexibility index (Phi) is 3.66. The molecule has 100 valence electrons. The van der Waals surface area contributed by atoms with Gasteiger partial charge in [-0.2, -0.15) is 0 Å². The number of imidazole rings is 1. The van der Waals surface area contributed by atoms with Crippen LogP contribution in [0, 0.1) is 0 Å². The molecule has 2 aliphatic rings. The van der Waals surface area contributed by atoms with Crippen LogP contribution >= 0.6 is 0 Å². The molecule has 1 aromatic heterocycles. The Hall–Kier alpha value is -0.870. The smallest absolute Gasteiger partial charge is 0.0955 e. The molecule has 4 nitrogen and oxygen atoms in total. The minimum absolute atomic E-state index is 0.366. The molecule has 1 saturated heterocycles. The van der Waals surface area contributed by atoms with E-state index in [4.69, 9.17) is 4.74 Å². The lowest BCUT2D eigenvalue weighted by Crippen LogP contribution is -2.08. The van der Waals surface area contributed by atoms with E-state index < -0.39 is 0 Å². The standard InChI is InChI=1S/C14H22N2O2/c17-14(5-1-3-12-4-2-8-18-12)13-9-15-10-16(13)11-6-7-11/h9-12,14,17H,1-8H2. The van der Waals surface area contributed by atoms with E-state index in [9.17, 15) is 5.11 Å². The van der Waals surface area contributed by atoms with Gasteiger partial charge in [-0.1, -0.05) is 0 Å². The quantitative estimate of drug-likeness (QED) is 0.844. The minimum Gasteiger partial charge on any atom is -0.387 e. The predicted molar refractivity (Wildman–Crippen MR) is 68.3 cm³/mol. The van der Waals surface area contributed by atoms with E-state index in [2.05, 4.69) is 9.55 Å². The maximum Gasteiger partial charge on any atom is 0.0955 e. The zero-order valence-electron chi connectivity index (χ0n) is 10.8. The summed E-state index contributed by atoms with van der Waals surface area (Å²) in [5.41, 5.74) is 0.991. The second kappa shape index (κ2) is 5.41. The topological polar surface area (TPSA) is 47.3 Å². The highest BCUT2D eigenvalue weighted by Crippen LogP contribution is 2.37. The van der Waals surface area contributed by atoms with Gasteiger partial charge in [-0.3, -0.25) is 0 Å². The molecule has 1 aliphatic carbocycles. The summed E-state index contributed by atoms with van der Waals surface area (Å²) in [4.78, 5) is 4.17. The molecule has 2 heterocycles. The molecule has 2 unspecified atom stereocenters. The molecular formula is C14H22N2O2. The maximum atomic E-state index is 10.2. The molecule has 18 heavy (non-hydrogen) atoms. The molecule has 0 spiro atoms. The van der Waals surface area contributed by atoms with Crippen LogP contribution in [0.2, 0.25) is 0 Å². The van der Waals surface area contributed by atoms with Crippen molar-refractivity contribution < 1.29 is 9.84 Å². The SMILES string of the molecule is OC(CCCC1CCCO1)c1cncn1C1CC1. The first-order chi connectivity index (χ1) is 8.84. The number of nitrogens with zero attached hydrogens (tertiary/aromatic N) is 2. The first kappa shape index (κ1) is 12.2. The van der Waals surface area contributed by atoms with Gasteiger partial charge in [0, 0.05) is 12.6 Å². The lowest BCUT2D eigenvalue weighted by molar-refractivity contribution is 0.0934. The van der Waals surface area contributed by atoms with Crippen LogP contribution in [0.15, 0.2) is 12.5 Å². The van der Waals surface area contributed by atoms with Crippen molar-refractivity contribution in [2.24, 2.45) is 0 Å². The molecule has 0 aromatic carbocycles. The number of hydrogen-bond acceptors (Lipinski definition) is 3. The first-order valence-electron chi connectivity index (χ1n) is 7.16. The van der Waals surface area contributed by atoms with Crippen LogP contribution in [0.4, 0.5) is 0 Å². The second-order valence-corrected chi connectivity index (χ2v) is 5.54. The van der Waals surface area contributed by atoms with E-state index in [-0.39, 0.29) is 6.10 Å². The van der Waals surface area contributed by atoms with Gasteiger partial charge in [-0.25, -0.2) is 4.98 Å². The average molecular weight is 250 g/mol. The second-order valence-electron chi connectivity index (χ2n) is 5.54. The summed E-state index contributed by atoms with van der Waals surface area (Å²) in [5, 5.41) is 10.2. The van der Waals surface area contributed by atoms with Crippen LogP contribution in [-0.4, -0.2) is 27.4 Å². The molecule has 4 heteroatoms. The van der Waals surface area contributed by atoms with Crippen LogP contribution in [-0.2, 0) is 4.74 Å². The summed E-state index contributed by atoms with van der Waals surface area (Å²) in [5.74, 6) is 0. The number of aromatic nitrogens is 2. The molecule has 2 atom stereocenters. The van der Waals surface area contributed by atoms with Gasteiger partial charge in [0.2, 0.25) is 0 Å². The number of rotatable bonds is 6. The van der Waals surface area contributed by atoms with Crippen LogP contribution < -0.4 is 0 Å². The van der Waals surface area contributed by atoms with Gasteiger partial charge in [-0.15, -0.1) is 0 Å². The number of aliphatic hydroxyl groups excluding tert-OH is 1. The number of ether oxygens (including phenoxy) is 1. The summed E-state index contributed by atoms with van der Waals surface area (Å²) in [7, 11) is 0. The van der Waals surface area contributed by atoms with Crippen molar-refractivity contribution in [3.63, 3.8) is 0 Å². The fourth-order valence-electron chi connectivity index (χ4n) is 2.79. The van der Waals surface area contributed by atoms with Crippen LogP contribution in [0.3, 0.4) is 0 Å². The lowest BCUT2D eigenvalue weighted by atomic mass is 10.1. The summed E-state index contributed by atoms with van der Waals surface area (Å²) < 4.78 is 7.75. The average Bonchev–Trinajstić information content (AvgIpc) is 2.91. The molecule has 0 radical (unpaired) electrons. The predicted octanol–water partition coefficient (Wildman–Crippen LogP) is 2.60. The lowest BCUT2D eigenvalue weighted by Gasteiger charge is -2.14. The van der Waals surface area contributed by atoms with E-state index in [0.717, 1.165) is 31.6 Å². The highest BCUT2D eigenvalue weighted by Gasteiger charge is 2.27. The first-order valence-corrected chi connectivity index (χ1v) is 7.16. The normalized spacial score (nSPS) is 25.5. The minimum atomic E-state index is -0.366. The summed E-state index contributed by atoms with van der Waals surface area (Å²) >= 11 is 0. The van der Waals surface area contributed by atoms with E-state index >= 15 is 0 Å². The summed E-state index contributed by atoms with van der Waals surface area (Å²) in [6.45, 7) is 0.918. The highest BCUT2D eigenvalue weighted by molar-refractivity contribution is 5.06. The molecule has 3 rings (SSSR count). The Balaban J connectivity index is 1.47. The van der Waals surface area contributed by atoms with Crippen LogP contribution in [0.25, 0.3) is 0 Å². The van der Waals surface area contributed by atoms with Gasteiger partial charge in [-0.05, 0) is 44.9 Å². The van der Waals surface area contributed by atoms with Gasteiger partial charge in [0.15, 0.2) is 0 Å². The van der Waals surface area contributed by atoms with Crippen molar-refractivity contribution in [1.29, 1.82) is 0 Å². The van der Waals surface area contributed by atoms with Crippen LogP contribution in [0.5, 0.6) is 0 Å². The third kappa shape index (κ3) is 2.75. The molecule has 1 N–H and O–H groups in total. The number of aliphatic hydroxyl groups is 1. The van der Waals surface area contributed by atoms with Crippen LogP contribution in [0.1, 0.15) is 62.8 Å². The Labute approximate surface area is 108 Å². The molecular weight excluding hydrogens is 228 g/mol. The van der Waals surface area contributed by atoms with E-state index in [0.29, 0.717) is 12.1 Å². The van der Waals surface area contributed by atoms with Crippen molar-refractivity contribution in [2.75, 3.05) is 6.61 Å². The summed E-state index contributed by atoms with van der Waals surface area (Å²) in [6, 6.07) is 0.593. The van der Waals surface area contributed by atoms with Crippen molar-refractivity contribution in [3.8, 4) is 0 Å². The van der Waals surface area contributed by atoms with E-state index in [1.54, 1.807) is 0 Å². The number of hydrogen-bond donors (Lipinski definition) is 1. The van der Waals surface area contributed by atoms with Crippen molar-refractivity contribution in [1.82, 2.24) is 9.55 Å². The third-order valence-corrected chi connectivity index (χ3v) is 4.01. The molecule has 0 amide bonds. The largest absolute Gasteiger partial charge is 0.387 e. The van der Waals surface area contributed by atoms with E-state index in [1.807, 2.05) is 12.5 Å². The van der Waals surface area contributed by atoms with Crippen molar-refractivity contribution >= 4 is 0 Å². The zero-order chi connectivity index (χ0) is 12.4. The fraction of sp³-hybridized carbons (Fsp3) is 0.786. The Morgan fingerprint density at radius 2 is 2.33 bits per heavy atom. The van der Waals surface area contributed by atoms with Gasteiger partial charge < -0.3 is 14.4 Å². The maximum absolute atomic E-state index is 10.2. The summed E-state index contributed by atoms with van der Waals surface area (Å²) in [6.07, 6.45) is 11.5. The molecule has 2 fully saturated rings.